The van der Waals surface area contributed by atoms with Crippen LogP contribution in [-0.4, -0.2) is 65.2 Å². The van der Waals surface area contributed by atoms with Gasteiger partial charge in [0.2, 0.25) is 5.91 Å². The van der Waals surface area contributed by atoms with Gasteiger partial charge in [-0.1, -0.05) is 42.5 Å². The molecule has 2 fully saturated rings. The second kappa shape index (κ2) is 9.59. The van der Waals surface area contributed by atoms with Crippen molar-refractivity contribution in [2.75, 3.05) is 50.0 Å². The number of fused-ring (bicyclic) bond motifs is 1. The molecule has 3 aromatic rings. The molecule has 1 amide bonds. The van der Waals surface area contributed by atoms with Gasteiger partial charge in [-0.15, -0.1) is 11.8 Å². The maximum atomic E-state index is 12.7. The van der Waals surface area contributed by atoms with E-state index in [1.165, 1.54) is 10.1 Å². The number of rotatable bonds is 7. The molecule has 0 N–H and O–H groups in total. The number of aromatic nitrogens is 1. The molecule has 5 rings (SSSR count). The van der Waals surface area contributed by atoms with Crippen molar-refractivity contribution in [1.82, 2.24) is 14.2 Å². The third-order valence-electron chi connectivity index (χ3n) is 6.22. The zero-order valence-corrected chi connectivity index (χ0v) is 19.3. The minimum Gasteiger partial charge on any atom is -0.353 e. The van der Waals surface area contributed by atoms with Gasteiger partial charge in [-0.2, -0.15) is 4.37 Å². The number of carbonyl (C=O) groups excluding carboxylic acids is 1. The molecule has 5 nitrogen and oxygen atoms in total. The van der Waals surface area contributed by atoms with Crippen molar-refractivity contribution in [2.45, 2.75) is 18.1 Å². The number of piperazine rings is 1. The van der Waals surface area contributed by atoms with Crippen LogP contribution in [0.3, 0.4) is 0 Å². The first-order chi connectivity index (χ1) is 15.3. The Balaban J connectivity index is 1.04. The normalized spacial score (nSPS) is 20.1. The van der Waals surface area contributed by atoms with Gasteiger partial charge in [0.25, 0.3) is 0 Å². The molecule has 2 saturated heterocycles. The molecule has 1 aromatic heterocycles. The van der Waals surface area contributed by atoms with E-state index in [0.717, 1.165) is 69.4 Å². The molecule has 31 heavy (non-hydrogen) atoms. The third kappa shape index (κ3) is 4.59. The second-order valence-corrected chi connectivity index (χ2v) is 10.1. The molecule has 0 saturated carbocycles. The molecule has 162 valence electrons. The van der Waals surface area contributed by atoms with Crippen molar-refractivity contribution < 1.29 is 4.79 Å². The fourth-order valence-electron chi connectivity index (χ4n) is 4.43. The molecule has 3 heterocycles. The summed E-state index contributed by atoms with van der Waals surface area (Å²) in [5.74, 6) is 2.25. The van der Waals surface area contributed by atoms with Gasteiger partial charge in [-0.25, -0.2) is 0 Å². The minimum absolute atomic E-state index is 0.0175. The predicted molar refractivity (Wildman–Crippen MR) is 131 cm³/mol. The Hall–Kier alpha value is -2.09. The van der Waals surface area contributed by atoms with E-state index in [1.54, 1.807) is 23.3 Å². The summed E-state index contributed by atoms with van der Waals surface area (Å²) in [6, 6.07) is 18.7. The highest BCUT2D eigenvalue weighted by Crippen LogP contribution is 2.37. The van der Waals surface area contributed by atoms with Crippen LogP contribution in [-0.2, 0) is 4.79 Å². The Morgan fingerprint density at radius 3 is 2.48 bits per heavy atom. The Bertz CT molecular complexity index is 1020. The minimum atomic E-state index is -0.0175. The number of unbranched alkanes of at least 4 members (excludes halogenated alkanes) is 1. The lowest BCUT2D eigenvalue weighted by Crippen LogP contribution is -2.46. The van der Waals surface area contributed by atoms with Crippen molar-refractivity contribution in [2.24, 2.45) is 0 Å². The van der Waals surface area contributed by atoms with Crippen LogP contribution in [0.5, 0.6) is 0 Å². The first-order valence-electron chi connectivity index (χ1n) is 11.1. The smallest absolute Gasteiger partial charge is 0.240 e. The van der Waals surface area contributed by atoms with Crippen LogP contribution in [0.4, 0.5) is 5.82 Å². The standard InChI is InChI=1S/C24H28N4OS2/c29-24-22(19-8-2-1-3-9-19)30-18-28(24)13-7-6-12-26-14-16-27(17-15-26)23-20-10-4-5-11-21(20)31-25-23/h1-5,8-11,22H,6-7,12-18H2. The Kier molecular flexibility index (Phi) is 6.43. The Morgan fingerprint density at radius 1 is 0.903 bits per heavy atom. The highest BCUT2D eigenvalue weighted by Gasteiger charge is 2.32. The summed E-state index contributed by atoms with van der Waals surface area (Å²) in [4.78, 5) is 19.7. The van der Waals surface area contributed by atoms with Gasteiger partial charge in [-0.05, 0) is 48.6 Å². The number of anilines is 1. The highest BCUT2D eigenvalue weighted by molar-refractivity contribution is 8.00. The number of amides is 1. The summed E-state index contributed by atoms with van der Waals surface area (Å²) in [5, 5.41) is 1.26. The topological polar surface area (TPSA) is 39.7 Å². The van der Waals surface area contributed by atoms with E-state index >= 15 is 0 Å². The molecular weight excluding hydrogens is 424 g/mol. The number of benzene rings is 2. The molecule has 1 unspecified atom stereocenters. The van der Waals surface area contributed by atoms with E-state index in [4.69, 9.17) is 4.37 Å². The van der Waals surface area contributed by atoms with Gasteiger partial charge in [0.1, 0.15) is 11.1 Å². The van der Waals surface area contributed by atoms with E-state index in [2.05, 4.69) is 46.2 Å². The van der Waals surface area contributed by atoms with Crippen LogP contribution < -0.4 is 4.90 Å². The molecule has 0 aliphatic carbocycles. The van der Waals surface area contributed by atoms with Crippen LogP contribution in [0.2, 0.25) is 0 Å². The van der Waals surface area contributed by atoms with Crippen molar-refractivity contribution >= 4 is 45.1 Å². The average Bonchev–Trinajstić information content (AvgIpc) is 3.41. The molecule has 0 radical (unpaired) electrons. The maximum absolute atomic E-state index is 12.7. The molecule has 0 bridgehead atoms. The summed E-state index contributed by atoms with van der Waals surface area (Å²) < 4.78 is 5.98. The third-order valence-corrected chi connectivity index (χ3v) is 8.30. The van der Waals surface area contributed by atoms with E-state index in [9.17, 15) is 4.79 Å². The van der Waals surface area contributed by atoms with E-state index < -0.39 is 0 Å². The van der Waals surface area contributed by atoms with E-state index in [1.807, 2.05) is 23.1 Å². The summed E-state index contributed by atoms with van der Waals surface area (Å²) in [6.07, 6.45) is 2.22. The predicted octanol–water partition coefficient (Wildman–Crippen LogP) is 4.47. The zero-order chi connectivity index (χ0) is 21.0. The summed E-state index contributed by atoms with van der Waals surface area (Å²) in [6.45, 7) is 6.23. The molecule has 1 atom stereocenters. The van der Waals surface area contributed by atoms with Crippen LogP contribution in [0.1, 0.15) is 23.7 Å². The SMILES string of the molecule is O=C1C(c2ccccc2)SCN1CCCCN1CCN(c2nsc3ccccc23)CC1. The van der Waals surface area contributed by atoms with Gasteiger partial charge in [0, 0.05) is 38.1 Å². The van der Waals surface area contributed by atoms with Crippen LogP contribution in [0.15, 0.2) is 54.6 Å². The first-order valence-corrected chi connectivity index (χ1v) is 12.9. The average molecular weight is 453 g/mol. The molecule has 2 aromatic carbocycles. The van der Waals surface area contributed by atoms with Crippen molar-refractivity contribution in [3.8, 4) is 0 Å². The lowest BCUT2D eigenvalue weighted by molar-refractivity contribution is -0.128. The number of nitrogens with zero attached hydrogens (tertiary/aromatic N) is 4. The number of carbonyl (C=O) groups is 1. The van der Waals surface area contributed by atoms with Crippen molar-refractivity contribution in [3.05, 3.63) is 60.2 Å². The quantitative estimate of drug-likeness (QED) is 0.495. The monoisotopic (exact) mass is 452 g/mol. The zero-order valence-electron chi connectivity index (χ0n) is 17.7. The summed E-state index contributed by atoms with van der Waals surface area (Å²) in [5.41, 5.74) is 1.13. The summed E-state index contributed by atoms with van der Waals surface area (Å²) >= 11 is 3.35. The molecule has 2 aliphatic rings. The Morgan fingerprint density at radius 2 is 1.65 bits per heavy atom. The van der Waals surface area contributed by atoms with Gasteiger partial charge in [-0.3, -0.25) is 9.69 Å². The van der Waals surface area contributed by atoms with Crippen molar-refractivity contribution in [1.29, 1.82) is 0 Å². The highest BCUT2D eigenvalue weighted by atomic mass is 32.2. The number of hydrogen-bond acceptors (Lipinski definition) is 6. The van der Waals surface area contributed by atoms with Gasteiger partial charge in [0.05, 0.1) is 10.6 Å². The fraction of sp³-hybridized carbons (Fsp3) is 0.417. The fourth-order valence-corrected chi connectivity index (χ4v) is 6.45. The largest absolute Gasteiger partial charge is 0.353 e. The van der Waals surface area contributed by atoms with Gasteiger partial charge >= 0.3 is 0 Å². The van der Waals surface area contributed by atoms with Crippen molar-refractivity contribution in [3.63, 3.8) is 0 Å². The number of thioether (sulfide) groups is 1. The maximum Gasteiger partial charge on any atom is 0.240 e. The molecule has 0 spiro atoms. The van der Waals surface area contributed by atoms with Gasteiger partial charge < -0.3 is 9.80 Å². The van der Waals surface area contributed by atoms with E-state index in [0.29, 0.717) is 0 Å². The second-order valence-electron chi connectivity index (χ2n) is 8.23. The first kappa shape index (κ1) is 20.8. The number of hydrogen-bond donors (Lipinski definition) is 0. The lowest BCUT2D eigenvalue weighted by Gasteiger charge is -2.35. The lowest BCUT2D eigenvalue weighted by atomic mass is 10.1. The van der Waals surface area contributed by atoms with Crippen LogP contribution in [0.25, 0.3) is 10.1 Å². The van der Waals surface area contributed by atoms with Gasteiger partial charge in [0.15, 0.2) is 0 Å². The molecule has 7 heteroatoms. The summed E-state index contributed by atoms with van der Waals surface area (Å²) in [7, 11) is 0. The molecular formula is C24H28N4OS2. The van der Waals surface area contributed by atoms with Crippen LogP contribution >= 0.6 is 23.3 Å². The Labute approximate surface area is 192 Å². The van der Waals surface area contributed by atoms with Crippen LogP contribution in [0, 0.1) is 0 Å². The molecule has 2 aliphatic heterocycles. The van der Waals surface area contributed by atoms with E-state index in [-0.39, 0.29) is 11.2 Å².